The van der Waals surface area contributed by atoms with Crippen molar-refractivity contribution >= 4 is 5.97 Å². The first kappa shape index (κ1) is 11.0. The number of aromatic nitrogens is 3. The van der Waals surface area contributed by atoms with E-state index in [4.69, 9.17) is 9.84 Å². The molecule has 0 aromatic carbocycles. The van der Waals surface area contributed by atoms with Gasteiger partial charge in [0.1, 0.15) is 5.75 Å². The number of aryl methyl sites for hydroxylation is 1. The Kier molecular flexibility index (Phi) is 2.95. The van der Waals surface area contributed by atoms with Crippen LogP contribution in [-0.4, -0.2) is 26.0 Å². The van der Waals surface area contributed by atoms with Crippen LogP contribution in [0.4, 0.5) is 0 Å². The number of carboxylic acids is 1. The molecule has 0 aliphatic rings. The average molecular weight is 231 g/mol. The summed E-state index contributed by atoms with van der Waals surface area (Å²) in [5.41, 5.74) is 0.699. The van der Waals surface area contributed by atoms with Crippen LogP contribution in [0.1, 0.15) is 16.2 Å². The first-order chi connectivity index (χ1) is 8.15. The SMILES string of the molecule is Cc1ccc(Oc2cncc(C(=O)O)n2)cn1. The maximum absolute atomic E-state index is 10.7. The van der Waals surface area contributed by atoms with E-state index >= 15 is 0 Å². The quantitative estimate of drug-likeness (QED) is 0.864. The number of rotatable bonds is 3. The molecule has 0 spiro atoms. The number of ether oxygens (including phenoxy) is 1. The Balaban J connectivity index is 2.21. The minimum atomic E-state index is -1.15. The fourth-order valence-electron chi connectivity index (χ4n) is 1.14. The maximum atomic E-state index is 10.7. The minimum absolute atomic E-state index is 0.121. The van der Waals surface area contributed by atoms with Gasteiger partial charge in [-0.25, -0.2) is 9.78 Å². The maximum Gasteiger partial charge on any atom is 0.356 e. The van der Waals surface area contributed by atoms with E-state index in [2.05, 4.69) is 15.0 Å². The Hall–Kier alpha value is -2.50. The lowest BCUT2D eigenvalue weighted by Crippen LogP contribution is -2.02. The fourth-order valence-corrected chi connectivity index (χ4v) is 1.14. The smallest absolute Gasteiger partial charge is 0.356 e. The summed E-state index contributed by atoms with van der Waals surface area (Å²) in [6, 6.07) is 3.50. The lowest BCUT2D eigenvalue weighted by atomic mass is 10.4. The van der Waals surface area contributed by atoms with Gasteiger partial charge in [-0.1, -0.05) is 0 Å². The van der Waals surface area contributed by atoms with Crippen LogP contribution in [0.15, 0.2) is 30.7 Å². The van der Waals surface area contributed by atoms with Crippen molar-refractivity contribution in [1.82, 2.24) is 15.0 Å². The van der Waals surface area contributed by atoms with Crippen LogP contribution in [0.3, 0.4) is 0 Å². The predicted molar refractivity (Wildman–Crippen MR) is 58.0 cm³/mol. The van der Waals surface area contributed by atoms with Crippen LogP contribution in [-0.2, 0) is 0 Å². The monoisotopic (exact) mass is 231 g/mol. The van der Waals surface area contributed by atoms with Crippen LogP contribution in [0, 0.1) is 6.92 Å². The highest BCUT2D eigenvalue weighted by atomic mass is 16.5. The Morgan fingerprint density at radius 1 is 1.29 bits per heavy atom. The van der Waals surface area contributed by atoms with Gasteiger partial charge in [-0.05, 0) is 19.1 Å². The number of hydrogen-bond donors (Lipinski definition) is 1. The summed E-state index contributed by atoms with van der Waals surface area (Å²) in [5.74, 6) is -0.548. The minimum Gasteiger partial charge on any atom is -0.476 e. The third-order valence-corrected chi connectivity index (χ3v) is 1.94. The topological polar surface area (TPSA) is 85.2 Å². The number of carbonyl (C=O) groups is 1. The van der Waals surface area contributed by atoms with Crippen LogP contribution in [0.5, 0.6) is 11.6 Å². The Morgan fingerprint density at radius 3 is 2.76 bits per heavy atom. The number of hydrogen-bond acceptors (Lipinski definition) is 5. The molecule has 2 aromatic rings. The third kappa shape index (κ3) is 2.75. The van der Waals surface area contributed by atoms with Gasteiger partial charge in [0.05, 0.1) is 18.6 Å². The molecule has 0 fully saturated rings. The highest BCUT2D eigenvalue weighted by Crippen LogP contribution is 2.17. The highest BCUT2D eigenvalue weighted by Gasteiger charge is 2.07. The van der Waals surface area contributed by atoms with Crippen molar-refractivity contribution in [2.75, 3.05) is 0 Å². The number of aromatic carboxylic acids is 1. The second kappa shape index (κ2) is 4.56. The number of nitrogens with zero attached hydrogens (tertiary/aromatic N) is 3. The van der Waals surface area contributed by atoms with E-state index in [9.17, 15) is 4.79 Å². The largest absolute Gasteiger partial charge is 0.476 e. The molecule has 2 aromatic heterocycles. The molecule has 1 N–H and O–H groups in total. The van der Waals surface area contributed by atoms with Gasteiger partial charge in [0.15, 0.2) is 5.69 Å². The van der Waals surface area contributed by atoms with Gasteiger partial charge in [-0.3, -0.25) is 9.97 Å². The average Bonchev–Trinajstić information content (AvgIpc) is 2.32. The molecule has 6 nitrogen and oxygen atoms in total. The van der Waals surface area contributed by atoms with E-state index in [-0.39, 0.29) is 11.6 Å². The molecule has 17 heavy (non-hydrogen) atoms. The molecule has 0 bridgehead atoms. The molecule has 0 saturated carbocycles. The molecule has 0 atom stereocenters. The van der Waals surface area contributed by atoms with E-state index in [1.165, 1.54) is 12.4 Å². The normalized spacial score (nSPS) is 9.94. The molecule has 2 rings (SSSR count). The van der Waals surface area contributed by atoms with Crippen molar-refractivity contribution in [2.45, 2.75) is 6.92 Å². The Labute approximate surface area is 96.9 Å². The fraction of sp³-hybridized carbons (Fsp3) is 0.0909. The van der Waals surface area contributed by atoms with Crippen molar-refractivity contribution in [1.29, 1.82) is 0 Å². The van der Waals surface area contributed by atoms with Crippen LogP contribution in [0.25, 0.3) is 0 Å². The van der Waals surface area contributed by atoms with Gasteiger partial charge in [0.2, 0.25) is 5.88 Å². The molecule has 0 unspecified atom stereocenters. The van der Waals surface area contributed by atoms with Gasteiger partial charge < -0.3 is 9.84 Å². The zero-order chi connectivity index (χ0) is 12.3. The molecule has 0 radical (unpaired) electrons. The summed E-state index contributed by atoms with van der Waals surface area (Å²) in [6.07, 6.45) is 4.03. The second-order valence-electron chi connectivity index (χ2n) is 3.29. The zero-order valence-corrected chi connectivity index (χ0v) is 8.99. The van der Waals surface area contributed by atoms with Crippen LogP contribution >= 0.6 is 0 Å². The summed E-state index contributed by atoms with van der Waals surface area (Å²) < 4.78 is 5.32. The predicted octanol–water partition coefficient (Wildman–Crippen LogP) is 1.67. The summed E-state index contributed by atoms with van der Waals surface area (Å²) in [6.45, 7) is 1.86. The molecular formula is C11H9N3O3. The molecule has 0 aliphatic heterocycles. The Bertz CT molecular complexity index is 540. The van der Waals surface area contributed by atoms with E-state index in [0.29, 0.717) is 5.75 Å². The van der Waals surface area contributed by atoms with Crippen molar-refractivity contribution in [3.05, 3.63) is 42.1 Å². The van der Waals surface area contributed by atoms with Gasteiger partial charge >= 0.3 is 5.97 Å². The van der Waals surface area contributed by atoms with Gasteiger partial charge in [0, 0.05) is 5.69 Å². The highest BCUT2D eigenvalue weighted by molar-refractivity contribution is 5.84. The number of carboxylic acid groups (broad SMARTS) is 1. The molecule has 0 saturated heterocycles. The lowest BCUT2D eigenvalue weighted by Gasteiger charge is -2.04. The van der Waals surface area contributed by atoms with Gasteiger partial charge in [0.25, 0.3) is 0 Å². The van der Waals surface area contributed by atoms with E-state index < -0.39 is 5.97 Å². The summed E-state index contributed by atoms with van der Waals surface area (Å²) in [5, 5.41) is 8.74. The van der Waals surface area contributed by atoms with Crippen LogP contribution in [0.2, 0.25) is 0 Å². The molecule has 2 heterocycles. The van der Waals surface area contributed by atoms with E-state index in [0.717, 1.165) is 11.9 Å². The molecular weight excluding hydrogens is 222 g/mol. The van der Waals surface area contributed by atoms with Crippen molar-refractivity contribution in [2.24, 2.45) is 0 Å². The van der Waals surface area contributed by atoms with Crippen molar-refractivity contribution in [3.63, 3.8) is 0 Å². The van der Waals surface area contributed by atoms with E-state index in [1.54, 1.807) is 12.1 Å². The summed E-state index contributed by atoms with van der Waals surface area (Å²) in [7, 11) is 0. The van der Waals surface area contributed by atoms with Crippen molar-refractivity contribution in [3.8, 4) is 11.6 Å². The first-order valence-electron chi connectivity index (χ1n) is 4.81. The molecule has 0 amide bonds. The molecule has 86 valence electrons. The number of pyridine rings is 1. The summed E-state index contributed by atoms with van der Waals surface area (Å²) >= 11 is 0. The third-order valence-electron chi connectivity index (χ3n) is 1.94. The molecule has 6 heteroatoms. The second-order valence-corrected chi connectivity index (χ2v) is 3.29. The zero-order valence-electron chi connectivity index (χ0n) is 8.99. The first-order valence-corrected chi connectivity index (χ1v) is 4.81. The van der Waals surface area contributed by atoms with Gasteiger partial charge in [-0.15, -0.1) is 0 Å². The van der Waals surface area contributed by atoms with Gasteiger partial charge in [-0.2, -0.15) is 0 Å². The Morgan fingerprint density at radius 2 is 2.12 bits per heavy atom. The standard InChI is InChI=1S/C11H9N3O3/c1-7-2-3-8(4-13-7)17-10-6-12-5-9(14-10)11(15)16/h2-6H,1H3,(H,15,16). The van der Waals surface area contributed by atoms with E-state index in [1.807, 2.05) is 6.92 Å². The van der Waals surface area contributed by atoms with Crippen LogP contribution < -0.4 is 4.74 Å². The lowest BCUT2D eigenvalue weighted by molar-refractivity contribution is 0.0689. The summed E-state index contributed by atoms with van der Waals surface area (Å²) in [4.78, 5) is 22.2. The molecule has 0 aliphatic carbocycles. The van der Waals surface area contributed by atoms with Crippen molar-refractivity contribution < 1.29 is 14.6 Å².